The van der Waals surface area contributed by atoms with Gasteiger partial charge in [0, 0.05) is 31.0 Å². The van der Waals surface area contributed by atoms with Crippen LogP contribution in [0, 0.1) is 0 Å². The van der Waals surface area contributed by atoms with Crippen LogP contribution in [0.3, 0.4) is 0 Å². The molecule has 122 valence electrons. The Balaban J connectivity index is 1.97. The zero-order valence-electron chi connectivity index (χ0n) is 13.4. The number of carboxylic acids is 1. The molecule has 0 bridgehead atoms. The van der Waals surface area contributed by atoms with E-state index in [2.05, 4.69) is 28.6 Å². The Morgan fingerprint density at radius 3 is 2.58 bits per heavy atom. The van der Waals surface area contributed by atoms with Crippen molar-refractivity contribution in [2.45, 2.75) is 6.42 Å². The van der Waals surface area contributed by atoms with Crippen molar-refractivity contribution < 1.29 is 9.90 Å². The summed E-state index contributed by atoms with van der Waals surface area (Å²) in [5, 5.41) is 16.5. The second kappa shape index (κ2) is 7.00. The molecule has 0 fully saturated rings. The zero-order chi connectivity index (χ0) is 16.9. The highest BCUT2D eigenvalue weighted by molar-refractivity contribution is 5.81. The quantitative estimate of drug-likeness (QED) is 0.727. The van der Waals surface area contributed by atoms with E-state index in [0.717, 1.165) is 28.1 Å². The van der Waals surface area contributed by atoms with E-state index in [1.54, 1.807) is 4.68 Å². The molecule has 1 heterocycles. The molecule has 5 nitrogen and oxygen atoms in total. The summed E-state index contributed by atoms with van der Waals surface area (Å²) in [5.74, 6) is -0.817. The topological polar surface area (TPSA) is 67.2 Å². The molecule has 2 N–H and O–H groups in total. The second-order valence-electron chi connectivity index (χ2n) is 5.57. The minimum atomic E-state index is -0.817. The van der Waals surface area contributed by atoms with Gasteiger partial charge in [-0.3, -0.25) is 9.48 Å². The first-order valence-electron chi connectivity index (χ1n) is 7.78. The normalized spacial score (nSPS) is 10.5. The van der Waals surface area contributed by atoms with E-state index in [1.807, 2.05) is 49.6 Å². The summed E-state index contributed by atoms with van der Waals surface area (Å²) in [4.78, 5) is 10.7. The first-order valence-corrected chi connectivity index (χ1v) is 7.78. The van der Waals surface area contributed by atoms with Gasteiger partial charge in [-0.1, -0.05) is 36.4 Å². The third-order valence-electron chi connectivity index (χ3n) is 3.77. The lowest BCUT2D eigenvalue weighted by atomic mass is 10.00. The number of aryl methyl sites for hydroxylation is 1. The highest BCUT2D eigenvalue weighted by Gasteiger charge is 2.10. The van der Waals surface area contributed by atoms with Crippen molar-refractivity contribution in [3.63, 3.8) is 0 Å². The fourth-order valence-corrected chi connectivity index (χ4v) is 2.58. The number of benzene rings is 2. The number of rotatable bonds is 6. The average molecular weight is 321 g/mol. The number of anilines is 1. The Bertz CT molecular complexity index is 841. The maximum atomic E-state index is 10.7. The highest BCUT2D eigenvalue weighted by atomic mass is 16.4. The lowest BCUT2D eigenvalue weighted by Gasteiger charge is -2.12. The number of aromatic nitrogens is 2. The predicted octanol–water partition coefficient (Wildman–Crippen LogP) is 3.64. The van der Waals surface area contributed by atoms with E-state index in [9.17, 15) is 4.79 Å². The molecule has 1 aromatic heterocycles. The van der Waals surface area contributed by atoms with Gasteiger partial charge in [-0.15, -0.1) is 0 Å². The fraction of sp³-hybridized carbons (Fsp3) is 0.158. The Labute approximate surface area is 140 Å². The SMILES string of the molecule is Cn1ccc(-c2cc(-c3ccccc3)ccc2NCCC(=O)O)n1. The number of aliphatic carboxylic acids is 1. The van der Waals surface area contributed by atoms with E-state index >= 15 is 0 Å². The number of hydrogen-bond donors (Lipinski definition) is 2. The van der Waals surface area contributed by atoms with Crippen molar-refractivity contribution in [2.24, 2.45) is 7.05 Å². The molecule has 0 aliphatic carbocycles. The first kappa shape index (κ1) is 15.8. The van der Waals surface area contributed by atoms with Gasteiger partial charge >= 0.3 is 5.97 Å². The van der Waals surface area contributed by atoms with E-state index < -0.39 is 5.97 Å². The lowest BCUT2D eigenvalue weighted by molar-refractivity contribution is -0.136. The molecule has 0 aliphatic heterocycles. The van der Waals surface area contributed by atoms with Crippen molar-refractivity contribution in [1.29, 1.82) is 0 Å². The van der Waals surface area contributed by atoms with Crippen LogP contribution in [0.15, 0.2) is 60.8 Å². The van der Waals surface area contributed by atoms with Gasteiger partial charge in [-0.2, -0.15) is 5.10 Å². The van der Waals surface area contributed by atoms with Crippen LogP contribution in [-0.4, -0.2) is 27.4 Å². The first-order chi connectivity index (χ1) is 11.6. The lowest BCUT2D eigenvalue weighted by Crippen LogP contribution is -2.08. The van der Waals surface area contributed by atoms with Gasteiger partial charge in [0.15, 0.2) is 0 Å². The van der Waals surface area contributed by atoms with Crippen LogP contribution in [-0.2, 0) is 11.8 Å². The maximum Gasteiger partial charge on any atom is 0.305 e. The summed E-state index contributed by atoms with van der Waals surface area (Å²) < 4.78 is 1.76. The Hall–Kier alpha value is -3.08. The molecule has 24 heavy (non-hydrogen) atoms. The van der Waals surface area contributed by atoms with Crippen LogP contribution in [0.25, 0.3) is 22.4 Å². The van der Waals surface area contributed by atoms with Crippen LogP contribution in [0.2, 0.25) is 0 Å². The van der Waals surface area contributed by atoms with Crippen molar-refractivity contribution in [1.82, 2.24) is 9.78 Å². The molecular formula is C19H19N3O2. The van der Waals surface area contributed by atoms with Crippen LogP contribution in [0.4, 0.5) is 5.69 Å². The molecule has 3 rings (SSSR count). The average Bonchev–Trinajstić information content (AvgIpc) is 3.02. The molecule has 0 atom stereocenters. The largest absolute Gasteiger partial charge is 0.481 e. The van der Waals surface area contributed by atoms with Gasteiger partial charge < -0.3 is 10.4 Å². The molecule has 0 radical (unpaired) electrons. The molecule has 3 aromatic rings. The zero-order valence-corrected chi connectivity index (χ0v) is 13.4. The van der Waals surface area contributed by atoms with Gasteiger partial charge in [0.05, 0.1) is 12.1 Å². The monoisotopic (exact) mass is 321 g/mol. The molecule has 0 saturated carbocycles. The number of nitrogens with zero attached hydrogens (tertiary/aromatic N) is 2. The van der Waals surface area contributed by atoms with Gasteiger partial charge in [-0.05, 0) is 29.3 Å². The molecule has 5 heteroatoms. The van der Waals surface area contributed by atoms with Gasteiger partial charge in [0.25, 0.3) is 0 Å². The fourth-order valence-electron chi connectivity index (χ4n) is 2.58. The predicted molar refractivity (Wildman–Crippen MR) is 94.8 cm³/mol. The molecular weight excluding hydrogens is 302 g/mol. The minimum Gasteiger partial charge on any atom is -0.481 e. The van der Waals surface area contributed by atoms with Crippen molar-refractivity contribution in [3.8, 4) is 22.4 Å². The Morgan fingerprint density at radius 2 is 1.92 bits per heavy atom. The van der Waals surface area contributed by atoms with Gasteiger partial charge in [-0.25, -0.2) is 0 Å². The number of carboxylic acid groups (broad SMARTS) is 1. The molecule has 0 amide bonds. The van der Waals surface area contributed by atoms with Gasteiger partial charge in [0.1, 0.15) is 0 Å². The van der Waals surface area contributed by atoms with E-state index in [-0.39, 0.29) is 6.42 Å². The Morgan fingerprint density at radius 1 is 1.12 bits per heavy atom. The molecule has 0 unspecified atom stereocenters. The van der Waals surface area contributed by atoms with Crippen molar-refractivity contribution in [3.05, 3.63) is 60.8 Å². The third kappa shape index (κ3) is 3.63. The number of hydrogen-bond acceptors (Lipinski definition) is 3. The molecule has 0 aliphatic rings. The van der Waals surface area contributed by atoms with E-state index in [1.165, 1.54) is 0 Å². The summed E-state index contributed by atoms with van der Waals surface area (Å²) in [6, 6.07) is 18.2. The van der Waals surface area contributed by atoms with Crippen LogP contribution in [0.1, 0.15) is 6.42 Å². The molecule has 2 aromatic carbocycles. The summed E-state index contributed by atoms with van der Waals surface area (Å²) in [7, 11) is 1.88. The highest BCUT2D eigenvalue weighted by Crippen LogP contribution is 2.32. The molecule has 0 spiro atoms. The smallest absolute Gasteiger partial charge is 0.305 e. The number of carbonyl (C=O) groups is 1. The Kier molecular flexibility index (Phi) is 4.61. The van der Waals surface area contributed by atoms with Crippen LogP contribution >= 0.6 is 0 Å². The van der Waals surface area contributed by atoms with Crippen molar-refractivity contribution in [2.75, 3.05) is 11.9 Å². The van der Waals surface area contributed by atoms with Crippen LogP contribution < -0.4 is 5.32 Å². The summed E-state index contributed by atoms with van der Waals surface area (Å²) in [6.45, 7) is 0.375. The summed E-state index contributed by atoms with van der Waals surface area (Å²) in [6.07, 6.45) is 1.97. The van der Waals surface area contributed by atoms with Gasteiger partial charge in [0.2, 0.25) is 0 Å². The summed E-state index contributed by atoms with van der Waals surface area (Å²) >= 11 is 0. The standard InChI is InChI=1S/C19H19N3O2/c1-22-12-10-18(21-22)16-13-15(14-5-3-2-4-6-14)7-8-17(16)20-11-9-19(23)24/h2-8,10,12-13,20H,9,11H2,1H3,(H,23,24). The van der Waals surface area contributed by atoms with E-state index in [4.69, 9.17) is 5.11 Å². The van der Waals surface area contributed by atoms with E-state index in [0.29, 0.717) is 6.54 Å². The van der Waals surface area contributed by atoms with Crippen LogP contribution in [0.5, 0.6) is 0 Å². The van der Waals surface area contributed by atoms with Crippen molar-refractivity contribution >= 4 is 11.7 Å². The maximum absolute atomic E-state index is 10.7. The number of nitrogens with one attached hydrogen (secondary N) is 1. The third-order valence-corrected chi connectivity index (χ3v) is 3.77. The molecule has 0 saturated heterocycles. The minimum absolute atomic E-state index is 0.0715. The second-order valence-corrected chi connectivity index (χ2v) is 5.57. The summed E-state index contributed by atoms with van der Waals surface area (Å²) in [5.41, 5.74) is 4.93.